The number of hydrogen-bond donors (Lipinski definition) is 1. The minimum absolute atomic E-state index is 0.402. The number of alkyl halides is 2. The highest BCUT2D eigenvalue weighted by Crippen LogP contribution is 2.60. The fourth-order valence-corrected chi connectivity index (χ4v) is 2.26. The summed E-state index contributed by atoms with van der Waals surface area (Å²) in [6, 6.07) is 0. The summed E-state index contributed by atoms with van der Waals surface area (Å²) in [5, 5.41) is 8.87. The molecule has 1 N–H and O–H groups in total. The van der Waals surface area contributed by atoms with Crippen molar-refractivity contribution in [3.63, 3.8) is 0 Å². The molecule has 0 saturated heterocycles. The second-order valence-electron chi connectivity index (χ2n) is 4.40. The maximum atomic E-state index is 13.0. The molecule has 0 aliphatic heterocycles. The van der Waals surface area contributed by atoms with Crippen LogP contribution in [0.4, 0.5) is 8.78 Å². The molecule has 2 unspecified atom stereocenters. The Morgan fingerprint density at radius 2 is 2.06 bits per heavy atom. The van der Waals surface area contributed by atoms with Crippen molar-refractivity contribution in [3.8, 4) is 0 Å². The summed E-state index contributed by atoms with van der Waals surface area (Å²) in [4.78, 5) is 10.8. The Morgan fingerprint density at radius 1 is 1.56 bits per heavy atom. The zero-order valence-electron chi connectivity index (χ0n) is 9.13. The van der Waals surface area contributed by atoms with E-state index < -0.39 is 33.8 Å². The van der Waals surface area contributed by atoms with Crippen molar-refractivity contribution in [2.24, 2.45) is 17.3 Å². The molecule has 92 valence electrons. The van der Waals surface area contributed by atoms with E-state index in [4.69, 9.17) is 5.11 Å². The molecular formula is C10H13BrF2O3. The largest absolute Gasteiger partial charge is 0.481 e. The van der Waals surface area contributed by atoms with E-state index in [1.54, 1.807) is 13.8 Å². The van der Waals surface area contributed by atoms with Crippen LogP contribution < -0.4 is 0 Å². The van der Waals surface area contributed by atoms with Crippen LogP contribution >= 0.6 is 15.9 Å². The van der Waals surface area contributed by atoms with Crippen LogP contribution in [0.3, 0.4) is 0 Å². The lowest BCUT2D eigenvalue weighted by Crippen LogP contribution is -2.18. The van der Waals surface area contributed by atoms with Crippen LogP contribution in [0, 0.1) is 17.3 Å². The van der Waals surface area contributed by atoms with Gasteiger partial charge >= 0.3 is 12.1 Å². The van der Waals surface area contributed by atoms with Gasteiger partial charge in [-0.25, -0.2) is 0 Å². The first kappa shape index (κ1) is 13.6. The van der Waals surface area contributed by atoms with Gasteiger partial charge in [0.25, 0.3) is 0 Å². The van der Waals surface area contributed by atoms with Gasteiger partial charge in [-0.15, -0.1) is 0 Å². The van der Waals surface area contributed by atoms with Gasteiger partial charge in [-0.1, -0.05) is 19.9 Å². The fraction of sp³-hybridized carbons (Fsp3) is 0.700. The fourth-order valence-electron chi connectivity index (χ4n) is 1.81. The maximum absolute atomic E-state index is 13.0. The molecule has 0 radical (unpaired) electrons. The number of ether oxygens (including phenoxy) is 1. The zero-order valence-corrected chi connectivity index (χ0v) is 10.7. The number of methoxy groups -OCH3 is 1. The second-order valence-corrected chi connectivity index (χ2v) is 5.25. The Morgan fingerprint density at radius 3 is 2.38 bits per heavy atom. The molecule has 0 aromatic carbocycles. The Bertz CT molecular complexity index is 339. The summed E-state index contributed by atoms with van der Waals surface area (Å²) >= 11 is 2.72. The van der Waals surface area contributed by atoms with Gasteiger partial charge in [0.2, 0.25) is 0 Å². The third-order valence-electron chi connectivity index (χ3n) is 3.04. The van der Waals surface area contributed by atoms with Crippen molar-refractivity contribution in [1.29, 1.82) is 0 Å². The topological polar surface area (TPSA) is 46.5 Å². The molecular weight excluding hydrogens is 286 g/mol. The number of carboxylic acid groups (broad SMARTS) is 1. The van der Waals surface area contributed by atoms with Crippen LogP contribution in [0.5, 0.6) is 0 Å². The monoisotopic (exact) mass is 298 g/mol. The Kier molecular flexibility index (Phi) is 3.45. The number of halogens is 3. The van der Waals surface area contributed by atoms with E-state index in [1.165, 1.54) is 6.08 Å². The molecule has 0 aromatic heterocycles. The van der Waals surface area contributed by atoms with Crippen LogP contribution in [0.25, 0.3) is 0 Å². The van der Waals surface area contributed by atoms with Crippen LogP contribution in [-0.2, 0) is 9.53 Å². The summed E-state index contributed by atoms with van der Waals surface area (Å²) < 4.78 is 29.6. The third-order valence-corrected chi connectivity index (χ3v) is 3.76. The van der Waals surface area contributed by atoms with Gasteiger partial charge in [0.1, 0.15) is 0 Å². The maximum Gasteiger partial charge on any atom is 0.389 e. The molecule has 0 aromatic rings. The second kappa shape index (κ2) is 4.07. The summed E-state index contributed by atoms with van der Waals surface area (Å²) in [6.45, 7) is 3.47. The van der Waals surface area contributed by atoms with Crippen molar-refractivity contribution in [2.45, 2.75) is 20.0 Å². The predicted molar refractivity (Wildman–Crippen MR) is 57.4 cm³/mol. The molecule has 1 aliphatic rings. The van der Waals surface area contributed by atoms with Crippen LogP contribution in [0.1, 0.15) is 13.8 Å². The van der Waals surface area contributed by atoms with Crippen LogP contribution in [0.15, 0.2) is 10.6 Å². The normalized spacial score (nSPS) is 29.0. The van der Waals surface area contributed by atoms with E-state index in [0.717, 1.165) is 7.11 Å². The third kappa shape index (κ3) is 2.27. The molecule has 0 heterocycles. The van der Waals surface area contributed by atoms with E-state index in [-0.39, 0.29) is 0 Å². The van der Waals surface area contributed by atoms with Crippen molar-refractivity contribution >= 4 is 21.9 Å². The van der Waals surface area contributed by atoms with Gasteiger partial charge in [0.15, 0.2) is 0 Å². The number of carboxylic acids is 1. The predicted octanol–water partition coefficient (Wildman–Crippen LogP) is 2.86. The van der Waals surface area contributed by atoms with Gasteiger partial charge in [-0.05, 0) is 27.3 Å². The summed E-state index contributed by atoms with van der Waals surface area (Å²) in [7, 11) is 0.891. The zero-order chi connectivity index (χ0) is 12.7. The molecule has 2 atom stereocenters. The highest BCUT2D eigenvalue weighted by atomic mass is 79.9. The number of allylic oxidation sites excluding steroid dienone is 1. The molecule has 3 nitrogen and oxygen atoms in total. The lowest BCUT2D eigenvalue weighted by Gasteiger charge is -2.12. The quantitative estimate of drug-likeness (QED) is 0.868. The van der Waals surface area contributed by atoms with Gasteiger partial charge in [-0.2, -0.15) is 8.78 Å². The summed E-state index contributed by atoms with van der Waals surface area (Å²) in [5.74, 6) is -1.99. The van der Waals surface area contributed by atoms with Gasteiger partial charge in [0.05, 0.1) is 10.4 Å². The molecule has 0 bridgehead atoms. The van der Waals surface area contributed by atoms with Gasteiger partial charge in [-0.3, -0.25) is 4.79 Å². The lowest BCUT2D eigenvalue weighted by atomic mass is 10.1. The van der Waals surface area contributed by atoms with Crippen molar-refractivity contribution < 1.29 is 23.4 Å². The Balaban J connectivity index is 2.84. The van der Waals surface area contributed by atoms with E-state index >= 15 is 0 Å². The molecule has 6 heteroatoms. The van der Waals surface area contributed by atoms with E-state index in [0.29, 0.717) is 0 Å². The molecule has 1 aliphatic carbocycles. The highest BCUT2D eigenvalue weighted by Gasteiger charge is 2.61. The van der Waals surface area contributed by atoms with Crippen LogP contribution in [0.2, 0.25) is 0 Å². The minimum atomic E-state index is -3.40. The SMILES string of the molecule is COC(F)(F)/C(Br)=C/C1C(C(=O)O)C1(C)C. The van der Waals surface area contributed by atoms with Crippen molar-refractivity contribution in [3.05, 3.63) is 10.6 Å². The molecule has 0 spiro atoms. The average Bonchev–Trinajstić information content (AvgIpc) is 2.68. The molecule has 1 rings (SSSR count). The lowest BCUT2D eigenvalue weighted by molar-refractivity contribution is -0.183. The Labute approximate surface area is 101 Å². The summed E-state index contributed by atoms with van der Waals surface area (Å²) in [5.41, 5.74) is -0.491. The average molecular weight is 299 g/mol. The number of rotatable bonds is 4. The molecule has 1 fully saturated rings. The van der Waals surface area contributed by atoms with Crippen molar-refractivity contribution in [1.82, 2.24) is 0 Å². The van der Waals surface area contributed by atoms with Gasteiger partial charge in [0, 0.05) is 7.11 Å². The van der Waals surface area contributed by atoms with E-state index in [1.807, 2.05) is 0 Å². The standard InChI is InChI=1S/C10H13BrF2O3/c1-9(2)5(7(9)8(14)15)4-6(11)10(12,13)16-3/h4-5,7H,1-3H3,(H,14,15)/b6-4-. The summed E-state index contributed by atoms with van der Waals surface area (Å²) in [6.07, 6.45) is -2.18. The molecule has 16 heavy (non-hydrogen) atoms. The van der Waals surface area contributed by atoms with E-state index in [9.17, 15) is 13.6 Å². The van der Waals surface area contributed by atoms with Gasteiger partial charge < -0.3 is 9.84 Å². The highest BCUT2D eigenvalue weighted by molar-refractivity contribution is 9.11. The number of aliphatic carboxylic acids is 1. The number of carbonyl (C=O) groups is 1. The minimum Gasteiger partial charge on any atom is -0.481 e. The molecule has 1 saturated carbocycles. The number of hydrogen-bond acceptors (Lipinski definition) is 2. The van der Waals surface area contributed by atoms with Crippen LogP contribution in [-0.4, -0.2) is 24.3 Å². The first-order valence-electron chi connectivity index (χ1n) is 4.68. The first-order valence-corrected chi connectivity index (χ1v) is 5.47. The Hall–Kier alpha value is -0.490. The smallest absolute Gasteiger partial charge is 0.389 e. The molecule has 0 amide bonds. The first-order chi connectivity index (χ1) is 7.14. The van der Waals surface area contributed by atoms with E-state index in [2.05, 4.69) is 20.7 Å². The van der Waals surface area contributed by atoms with Crippen molar-refractivity contribution in [2.75, 3.05) is 7.11 Å².